The molecule has 3 heterocycles. The van der Waals surface area contributed by atoms with Crippen molar-refractivity contribution in [3.8, 4) is 11.1 Å². The first-order chi connectivity index (χ1) is 18.3. The van der Waals surface area contributed by atoms with Crippen molar-refractivity contribution in [1.29, 1.82) is 0 Å². The summed E-state index contributed by atoms with van der Waals surface area (Å²) in [5, 5.41) is 13.7. The number of aryl methyl sites for hydroxylation is 1. The first-order valence-corrected chi connectivity index (χ1v) is 12.8. The standard InChI is InChI=1S/C28H28ClFN6O2/c1-17(21-5-3-4-6-23(21)30)34-27-22-13-19(7-8-24(22)33-18(2)26(27)29)20-14-31-28(32-15-20)36-11-9-35(10-12-36)16-25(37)38/h3-8,13-15,17H,9-12,16H2,1-2H3,(H,33,34)(H,37,38). The number of carboxylic acids is 1. The largest absolute Gasteiger partial charge is 0.480 e. The van der Waals surface area contributed by atoms with Gasteiger partial charge < -0.3 is 15.3 Å². The van der Waals surface area contributed by atoms with Crippen LogP contribution in [0.15, 0.2) is 54.9 Å². The third-order valence-electron chi connectivity index (χ3n) is 6.81. The normalized spacial score (nSPS) is 15.0. The summed E-state index contributed by atoms with van der Waals surface area (Å²) < 4.78 is 14.4. The quantitative estimate of drug-likeness (QED) is 0.335. The van der Waals surface area contributed by atoms with E-state index in [9.17, 15) is 9.18 Å². The van der Waals surface area contributed by atoms with Gasteiger partial charge in [-0.3, -0.25) is 14.7 Å². The summed E-state index contributed by atoms with van der Waals surface area (Å²) in [7, 11) is 0. The van der Waals surface area contributed by atoms with E-state index in [1.54, 1.807) is 24.5 Å². The van der Waals surface area contributed by atoms with Crippen molar-refractivity contribution in [3.05, 3.63) is 77.0 Å². The number of halogens is 2. The highest BCUT2D eigenvalue weighted by Gasteiger charge is 2.21. The van der Waals surface area contributed by atoms with E-state index in [1.807, 2.05) is 43.0 Å². The second-order valence-electron chi connectivity index (χ2n) is 9.43. The molecule has 0 saturated carbocycles. The Morgan fingerprint density at radius 1 is 1.11 bits per heavy atom. The monoisotopic (exact) mass is 534 g/mol. The average molecular weight is 535 g/mol. The van der Waals surface area contributed by atoms with Gasteiger partial charge in [0.15, 0.2) is 0 Å². The van der Waals surface area contributed by atoms with Crippen LogP contribution in [-0.2, 0) is 4.79 Å². The lowest BCUT2D eigenvalue weighted by Crippen LogP contribution is -2.48. The molecule has 8 nitrogen and oxygen atoms in total. The van der Waals surface area contributed by atoms with E-state index in [0.29, 0.717) is 54.1 Å². The fraction of sp³-hybridized carbons (Fsp3) is 0.286. The minimum Gasteiger partial charge on any atom is -0.480 e. The molecule has 1 aliphatic heterocycles. The van der Waals surface area contributed by atoms with Gasteiger partial charge >= 0.3 is 5.97 Å². The first-order valence-electron chi connectivity index (χ1n) is 12.4. The van der Waals surface area contributed by atoms with Crippen LogP contribution < -0.4 is 10.2 Å². The summed E-state index contributed by atoms with van der Waals surface area (Å²) >= 11 is 6.70. The smallest absolute Gasteiger partial charge is 0.317 e. The van der Waals surface area contributed by atoms with Gasteiger partial charge in [0.1, 0.15) is 5.82 Å². The highest BCUT2D eigenvalue weighted by atomic mass is 35.5. The summed E-state index contributed by atoms with van der Waals surface area (Å²) in [4.78, 5) is 28.7. The third kappa shape index (κ3) is 5.39. The van der Waals surface area contributed by atoms with Gasteiger partial charge in [0, 0.05) is 55.1 Å². The van der Waals surface area contributed by atoms with Crippen LogP contribution in [0.3, 0.4) is 0 Å². The molecule has 1 atom stereocenters. The number of nitrogens with one attached hydrogen (secondary N) is 1. The molecule has 1 unspecified atom stereocenters. The number of carboxylic acid groups (broad SMARTS) is 1. The van der Waals surface area contributed by atoms with Crippen LogP contribution in [-0.4, -0.2) is 63.7 Å². The second-order valence-corrected chi connectivity index (χ2v) is 9.81. The molecule has 1 saturated heterocycles. The fourth-order valence-corrected chi connectivity index (χ4v) is 4.93. The van der Waals surface area contributed by atoms with Gasteiger partial charge in [0.05, 0.1) is 34.5 Å². The number of rotatable bonds is 7. The number of piperazine rings is 1. The minimum atomic E-state index is -0.818. The maximum atomic E-state index is 14.4. The van der Waals surface area contributed by atoms with Crippen LogP contribution in [0.25, 0.3) is 22.0 Å². The molecule has 38 heavy (non-hydrogen) atoms. The van der Waals surface area contributed by atoms with Crippen molar-refractivity contribution >= 4 is 40.1 Å². The van der Waals surface area contributed by atoms with Gasteiger partial charge in [-0.15, -0.1) is 0 Å². The Bertz CT molecular complexity index is 1470. The number of anilines is 2. The van der Waals surface area contributed by atoms with Gasteiger partial charge in [-0.25, -0.2) is 14.4 Å². The topological polar surface area (TPSA) is 94.5 Å². The maximum Gasteiger partial charge on any atom is 0.317 e. The van der Waals surface area contributed by atoms with Crippen LogP contribution >= 0.6 is 11.6 Å². The molecule has 5 rings (SSSR count). The van der Waals surface area contributed by atoms with E-state index in [4.69, 9.17) is 16.7 Å². The highest BCUT2D eigenvalue weighted by molar-refractivity contribution is 6.35. The predicted molar refractivity (Wildman–Crippen MR) is 147 cm³/mol. The Kier molecular flexibility index (Phi) is 7.40. The molecule has 0 aliphatic carbocycles. The number of benzene rings is 2. The Morgan fingerprint density at radius 2 is 1.82 bits per heavy atom. The molecule has 2 aromatic carbocycles. The summed E-state index contributed by atoms with van der Waals surface area (Å²) in [6, 6.07) is 12.3. The number of aromatic nitrogens is 3. The molecule has 4 aromatic rings. The fourth-order valence-electron chi connectivity index (χ4n) is 4.73. The predicted octanol–water partition coefficient (Wildman–Crippen LogP) is 5.17. The van der Waals surface area contributed by atoms with Gasteiger partial charge in [0.2, 0.25) is 5.95 Å². The molecular weight excluding hydrogens is 507 g/mol. The molecule has 2 N–H and O–H groups in total. The Hall–Kier alpha value is -3.82. The average Bonchev–Trinajstić information content (AvgIpc) is 2.91. The number of carbonyl (C=O) groups is 1. The highest BCUT2D eigenvalue weighted by Crippen LogP contribution is 2.37. The second kappa shape index (κ2) is 10.9. The van der Waals surface area contributed by atoms with Crippen molar-refractivity contribution < 1.29 is 14.3 Å². The number of pyridine rings is 1. The van der Waals surface area contributed by atoms with Crippen LogP contribution in [0.1, 0.15) is 24.2 Å². The van der Waals surface area contributed by atoms with E-state index < -0.39 is 5.97 Å². The summed E-state index contributed by atoms with van der Waals surface area (Å²) in [5.41, 5.74) is 4.45. The molecule has 1 fully saturated rings. The van der Waals surface area contributed by atoms with Gasteiger partial charge in [0.25, 0.3) is 0 Å². The molecule has 0 radical (unpaired) electrons. The van der Waals surface area contributed by atoms with Crippen LogP contribution in [0.5, 0.6) is 0 Å². The summed E-state index contributed by atoms with van der Waals surface area (Å²) in [6.45, 7) is 6.43. The van der Waals surface area contributed by atoms with E-state index in [-0.39, 0.29) is 18.4 Å². The van der Waals surface area contributed by atoms with E-state index >= 15 is 0 Å². The molecule has 196 valence electrons. The minimum absolute atomic E-state index is 0.0455. The molecule has 0 bridgehead atoms. The van der Waals surface area contributed by atoms with Crippen molar-refractivity contribution in [1.82, 2.24) is 19.9 Å². The number of hydrogen-bond acceptors (Lipinski definition) is 7. The van der Waals surface area contributed by atoms with Crippen LogP contribution in [0.4, 0.5) is 16.0 Å². The Morgan fingerprint density at radius 3 is 2.50 bits per heavy atom. The lowest BCUT2D eigenvalue weighted by Gasteiger charge is -2.33. The Labute approximate surface area is 225 Å². The van der Waals surface area contributed by atoms with Gasteiger partial charge in [-0.1, -0.05) is 35.9 Å². The number of nitrogens with zero attached hydrogens (tertiary/aromatic N) is 5. The molecular formula is C28H28ClFN6O2. The van der Waals surface area contributed by atoms with Crippen LogP contribution in [0, 0.1) is 12.7 Å². The van der Waals surface area contributed by atoms with E-state index in [1.165, 1.54) is 6.07 Å². The van der Waals surface area contributed by atoms with Crippen molar-refractivity contribution in [2.24, 2.45) is 0 Å². The third-order valence-corrected chi connectivity index (χ3v) is 7.27. The zero-order valence-corrected chi connectivity index (χ0v) is 21.9. The molecule has 1 aliphatic rings. The lowest BCUT2D eigenvalue weighted by molar-refractivity contribution is -0.138. The van der Waals surface area contributed by atoms with Gasteiger partial charge in [-0.2, -0.15) is 0 Å². The SMILES string of the molecule is Cc1nc2ccc(-c3cnc(N4CCN(CC(=O)O)CC4)nc3)cc2c(NC(C)c2ccccc2F)c1Cl. The van der Waals surface area contributed by atoms with Crippen LogP contribution in [0.2, 0.25) is 5.02 Å². The molecule has 10 heteroatoms. The van der Waals surface area contributed by atoms with E-state index in [0.717, 1.165) is 22.0 Å². The first kappa shape index (κ1) is 25.8. The summed E-state index contributed by atoms with van der Waals surface area (Å²) in [5.74, 6) is -0.480. The summed E-state index contributed by atoms with van der Waals surface area (Å²) in [6.07, 6.45) is 3.57. The van der Waals surface area contributed by atoms with Crippen molar-refractivity contribution in [2.45, 2.75) is 19.9 Å². The maximum absolute atomic E-state index is 14.4. The zero-order chi connectivity index (χ0) is 26.8. The number of hydrogen-bond donors (Lipinski definition) is 2. The Balaban J connectivity index is 1.41. The van der Waals surface area contributed by atoms with Gasteiger partial charge in [-0.05, 0) is 37.6 Å². The number of aliphatic carboxylic acids is 1. The molecule has 0 spiro atoms. The van der Waals surface area contributed by atoms with Crippen molar-refractivity contribution in [3.63, 3.8) is 0 Å². The zero-order valence-electron chi connectivity index (χ0n) is 21.2. The van der Waals surface area contributed by atoms with Crippen molar-refractivity contribution in [2.75, 3.05) is 42.9 Å². The molecule has 0 amide bonds. The molecule has 2 aromatic heterocycles. The lowest BCUT2D eigenvalue weighted by atomic mass is 10.0. The van der Waals surface area contributed by atoms with E-state index in [2.05, 4.69) is 25.2 Å². The number of fused-ring (bicyclic) bond motifs is 1.